The molecule has 7 nitrogen and oxygen atoms in total. The fourth-order valence-corrected chi connectivity index (χ4v) is 2.69. The summed E-state index contributed by atoms with van der Waals surface area (Å²) in [5.74, 6) is -2.62. The van der Waals surface area contributed by atoms with Gasteiger partial charge in [0.1, 0.15) is 5.69 Å². The van der Waals surface area contributed by atoms with Crippen LogP contribution < -0.4 is 19.4 Å². The third kappa shape index (κ3) is 5.35. The van der Waals surface area contributed by atoms with Crippen molar-refractivity contribution in [2.75, 3.05) is 32.2 Å². The van der Waals surface area contributed by atoms with Gasteiger partial charge in [-0.1, -0.05) is 0 Å². The van der Waals surface area contributed by atoms with Crippen molar-refractivity contribution in [3.63, 3.8) is 0 Å². The summed E-state index contributed by atoms with van der Waals surface area (Å²) in [6, 6.07) is 4.67. The average molecular weight is 415 g/mol. The summed E-state index contributed by atoms with van der Waals surface area (Å²) in [5, 5.41) is 0. The van der Waals surface area contributed by atoms with Crippen molar-refractivity contribution in [1.29, 1.82) is 0 Å². The molecule has 2 heterocycles. The Kier molecular flexibility index (Phi) is 7.25. The van der Waals surface area contributed by atoms with Crippen molar-refractivity contribution in [2.45, 2.75) is 19.8 Å². The Morgan fingerprint density at radius 3 is 2.61 bits per heavy atom. The van der Waals surface area contributed by atoms with E-state index in [0.717, 1.165) is 23.8 Å². The summed E-state index contributed by atoms with van der Waals surface area (Å²) in [4.78, 5) is 18.9. The number of rotatable bonds is 9. The molecule has 2 aromatic heterocycles. The van der Waals surface area contributed by atoms with Crippen LogP contribution in [0.25, 0.3) is 11.3 Å². The van der Waals surface area contributed by atoms with Crippen molar-refractivity contribution < 1.29 is 21.9 Å². The highest BCUT2D eigenvalue weighted by molar-refractivity contribution is 7.90. The van der Waals surface area contributed by atoms with Gasteiger partial charge in [-0.05, 0) is 25.1 Å². The number of hydrogen-bond donors (Lipinski definition) is 0. The van der Waals surface area contributed by atoms with Gasteiger partial charge in [0.05, 0.1) is 17.9 Å². The molecule has 0 aliphatic carbocycles. The maximum Gasteiger partial charge on any atom is 0.278 e. The van der Waals surface area contributed by atoms with Gasteiger partial charge < -0.3 is 13.8 Å². The quantitative estimate of drug-likeness (QED) is 0.459. The molecule has 0 saturated heterocycles. The number of halogens is 2. The van der Waals surface area contributed by atoms with Gasteiger partial charge in [0.2, 0.25) is 12.3 Å². The van der Waals surface area contributed by atoms with Crippen molar-refractivity contribution in [3.05, 3.63) is 34.7 Å². The van der Waals surface area contributed by atoms with Crippen LogP contribution in [0.15, 0.2) is 29.2 Å². The molecule has 0 spiro atoms. The lowest BCUT2D eigenvalue weighted by atomic mass is 10.1. The van der Waals surface area contributed by atoms with Crippen molar-refractivity contribution in [3.8, 4) is 22.9 Å². The molecule has 0 radical (unpaired) electrons. The minimum Gasteiger partial charge on any atom is -0.472 e. The molecule has 0 aromatic carbocycles. The molecule has 0 aliphatic heterocycles. The lowest BCUT2D eigenvalue weighted by Crippen LogP contribution is -2.26. The SMILES string of the molecule is CCOSOc1c(N(C)C)ccnc1-c1ccc(OCC(C)(F)F)n(C)c1=O. The van der Waals surface area contributed by atoms with E-state index in [4.69, 9.17) is 13.1 Å². The number of ether oxygens (including phenoxy) is 1. The Balaban J connectivity index is 2.48. The fraction of sp³-hybridized carbons (Fsp3) is 0.444. The van der Waals surface area contributed by atoms with Gasteiger partial charge in [-0.15, -0.1) is 0 Å². The molecule has 2 rings (SSSR count). The Morgan fingerprint density at radius 2 is 2.00 bits per heavy atom. The number of alkyl halides is 2. The zero-order valence-electron chi connectivity index (χ0n) is 16.4. The predicted molar refractivity (Wildman–Crippen MR) is 105 cm³/mol. The summed E-state index contributed by atoms with van der Waals surface area (Å²) in [7, 11) is 5.11. The molecule has 0 aliphatic rings. The molecule has 0 amide bonds. The van der Waals surface area contributed by atoms with Gasteiger partial charge in [-0.2, -0.15) is 0 Å². The van der Waals surface area contributed by atoms with E-state index in [1.807, 2.05) is 25.9 Å². The van der Waals surface area contributed by atoms with Crippen LogP contribution in [0.4, 0.5) is 14.5 Å². The third-order valence-corrected chi connectivity index (χ3v) is 4.20. The van der Waals surface area contributed by atoms with Gasteiger partial charge in [0.15, 0.2) is 18.2 Å². The minimum absolute atomic E-state index is 0.0326. The predicted octanol–water partition coefficient (Wildman–Crippen LogP) is 3.53. The van der Waals surface area contributed by atoms with Crippen LogP contribution >= 0.6 is 12.3 Å². The first-order chi connectivity index (χ1) is 13.2. The van der Waals surface area contributed by atoms with E-state index in [1.165, 1.54) is 19.2 Å². The molecule has 0 unspecified atom stereocenters. The highest BCUT2D eigenvalue weighted by atomic mass is 32.2. The molecular weight excluding hydrogens is 392 g/mol. The van der Waals surface area contributed by atoms with Gasteiger partial charge in [0, 0.05) is 34.3 Å². The van der Waals surface area contributed by atoms with Gasteiger partial charge >= 0.3 is 0 Å². The summed E-state index contributed by atoms with van der Waals surface area (Å²) in [5.41, 5.74) is 0.803. The maximum absolute atomic E-state index is 13.0. The van der Waals surface area contributed by atoms with Gasteiger partial charge in [0.25, 0.3) is 11.5 Å². The molecule has 0 saturated carbocycles. The van der Waals surface area contributed by atoms with Crippen LogP contribution in [0.3, 0.4) is 0 Å². The standard InChI is InChI=1S/C18H23F2N3O4S/c1-6-26-28-27-16-13(22(3)4)9-10-21-15(16)12-7-8-14(23(5)17(12)24)25-11-18(2,19)20/h7-10H,6,11H2,1-5H3. The van der Waals surface area contributed by atoms with E-state index in [-0.39, 0.29) is 11.4 Å². The van der Waals surface area contributed by atoms with Crippen LogP contribution in [-0.2, 0) is 11.2 Å². The lowest BCUT2D eigenvalue weighted by Gasteiger charge is -2.19. The summed E-state index contributed by atoms with van der Waals surface area (Å²) in [6.45, 7) is 2.18. The fourth-order valence-electron chi connectivity index (χ4n) is 2.31. The van der Waals surface area contributed by atoms with Crippen LogP contribution in [0.1, 0.15) is 13.8 Å². The second kappa shape index (κ2) is 9.24. The molecular formula is C18H23F2N3O4S. The first-order valence-electron chi connectivity index (χ1n) is 8.49. The minimum atomic E-state index is -3.01. The maximum atomic E-state index is 13.0. The molecule has 10 heteroatoms. The molecule has 0 bridgehead atoms. The second-order valence-corrected chi connectivity index (χ2v) is 6.81. The van der Waals surface area contributed by atoms with E-state index in [2.05, 4.69) is 4.98 Å². The van der Waals surface area contributed by atoms with Crippen molar-refractivity contribution in [2.24, 2.45) is 7.05 Å². The first kappa shape index (κ1) is 22.0. The Hall–Kier alpha value is -2.33. The van der Waals surface area contributed by atoms with E-state index in [1.54, 1.807) is 12.3 Å². The van der Waals surface area contributed by atoms with Crippen LogP contribution in [0.5, 0.6) is 11.6 Å². The average Bonchev–Trinajstić information content (AvgIpc) is 2.62. The van der Waals surface area contributed by atoms with Crippen LogP contribution in [0.2, 0.25) is 0 Å². The van der Waals surface area contributed by atoms with Gasteiger partial charge in [-0.3, -0.25) is 18.5 Å². The van der Waals surface area contributed by atoms with Crippen molar-refractivity contribution >= 4 is 18.0 Å². The van der Waals surface area contributed by atoms with Crippen LogP contribution in [0, 0.1) is 0 Å². The zero-order valence-corrected chi connectivity index (χ0v) is 17.2. The molecule has 154 valence electrons. The number of pyridine rings is 2. The first-order valence-corrected chi connectivity index (χ1v) is 9.16. The monoisotopic (exact) mass is 415 g/mol. The normalized spacial score (nSPS) is 11.4. The summed E-state index contributed by atoms with van der Waals surface area (Å²) < 4.78 is 43.2. The smallest absolute Gasteiger partial charge is 0.278 e. The van der Waals surface area contributed by atoms with Gasteiger partial charge in [-0.25, -0.2) is 8.78 Å². The Bertz CT molecular complexity index is 869. The highest BCUT2D eigenvalue weighted by Crippen LogP contribution is 2.37. The largest absolute Gasteiger partial charge is 0.472 e. The summed E-state index contributed by atoms with van der Waals surface area (Å²) >= 11 is 0.787. The molecule has 0 fully saturated rings. The number of hydrogen-bond acceptors (Lipinski definition) is 7. The molecule has 0 atom stereocenters. The molecule has 2 aromatic rings. The van der Waals surface area contributed by atoms with E-state index in [9.17, 15) is 13.6 Å². The molecule has 0 N–H and O–H groups in total. The Labute approximate surface area is 166 Å². The third-order valence-electron chi connectivity index (χ3n) is 3.64. The Morgan fingerprint density at radius 1 is 1.29 bits per heavy atom. The van der Waals surface area contributed by atoms with E-state index < -0.39 is 18.1 Å². The number of anilines is 1. The number of nitrogens with zero attached hydrogens (tertiary/aromatic N) is 3. The second-order valence-electron chi connectivity index (χ2n) is 6.27. The number of aromatic nitrogens is 2. The van der Waals surface area contributed by atoms with Crippen molar-refractivity contribution in [1.82, 2.24) is 9.55 Å². The lowest BCUT2D eigenvalue weighted by molar-refractivity contribution is -0.0252. The topological polar surface area (TPSA) is 65.8 Å². The highest BCUT2D eigenvalue weighted by Gasteiger charge is 2.24. The zero-order chi connectivity index (χ0) is 20.9. The van der Waals surface area contributed by atoms with E-state index in [0.29, 0.717) is 23.7 Å². The summed E-state index contributed by atoms with van der Waals surface area (Å²) in [6.07, 6.45) is 1.56. The van der Waals surface area contributed by atoms with E-state index >= 15 is 0 Å². The van der Waals surface area contributed by atoms with Crippen LogP contribution in [-0.4, -0.2) is 42.8 Å². The molecule has 28 heavy (non-hydrogen) atoms.